The molecular formula is C17H22N2O2. The van der Waals surface area contributed by atoms with E-state index in [-0.39, 0.29) is 17.9 Å². The van der Waals surface area contributed by atoms with Crippen molar-refractivity contribution in [2.24, 2.45) is 0 Å². The normalized spacial score (nSPS) is 18.0. The van der Waals surface area contributed by atoms with Gasteiger partial charge in [-0.1, -0.05) is 30.4 Å². The minimum atomic E-state index is -0.346. The van der Waals surface area contributed by atoms with Gasteiger partial charge in [0.25, 0.3) is 0 Å². The van der Waals surface area contributed by atoms with E-state index in [0.29, 0.717) is 19.4 Å². The fourth-order valence-electron chi connectivity index (χ4n) is 2.30. The highest BCUT2D eigenvalue weighted by Crippen LogP contribution is 2.11. The first-order valence-electron chi connectivity index (χ1n) is 7.37. The Morgan fingerprint density at radius 2 is 2.19 bits per heavy atom. The second-order valence-electron chi connectivity index (χ2n) is 5.48. The fraction of sp³-hybridized carbons (Fsp3) is 0.412. The molecular weight excluding hydrogens is 264 g/mol. The minimum absolute atomic E-state index is 0.0372. The highest BCUT2D eigenvalue weighted by atomic mass is 16.2. The lowest BCUT2D eigenvalue weighted by Gasteiger charge is -2.09. The number of amides is 2. The molecule has 0 aliphatic carbocycles. The Bertz CT molecular complexity index is 564. The molecule has 4 heteroatoms. The largest absolute Gasteiger partial charge is 0.354 e. The molecule has 1 atom stereocenters. The van der Waals surface area contributed by atoms with Gasteiger partial charge >= 0.3 is 0 Å². The summed E-state index contributed by atoms with van der Waals surface area (Å²) in [4.78, 5) is 22.8. The summed E-state index contributed by atoms with van der Waals surface area (Å²) in [6, 6.07) is 6.00. The first-order valence-corrected chi connectivity index (χ1v) is 7.37. The standard InChI is InChI=1S/C17H22N2O2/c1-12-6-7-14(11-13(12)2)5-3-4-10-18-17(21)15-8-9-16(20)19-15/h3,5-7,11,15H,4,8-10H2,1-2H3,(H,18,21)(H,19,20)/b5-3+. The first kappa shape index (κ1) is 15.3. The molecule has 4 nitrogen and oxygen atoms in total. The molecule has 2 amide bonds. The van der Waals surface area contributed by atoms with E-state index in [9.17, 15) is 9.59 Å². The second kappa shape index (κ2) is 7.07. The number of hydrogen-bond donors (Lipinski definition) is 2. The van der Waals surface area contributed by atoms with Crippen LogP contribution in [-0.4, -0.2) is 24.4 Å². The van der Waals surface area contributed by atoms with Crippen LogP contribution in [0.25, 0.3) is 6.08 Å². The molecule has 0 spiro atoms. The summed E-state index contributed by atoms with van der Waals surface area (Å²) < 4.78 is 0. The smallest absolute Gasteiger partial charge is 0.242 e. The molecule has 0 saturated carbocycles. The molecule has 2 rings (SSSR count). The fourth-order valence-corrected chi connectivity index (χ4v) is 2.30. The molecule has 1 heterocycles. The zero-order valence-corrected chi connectivity index (χ0v) is 12.6. The van der Waals surface area contributed by atoms with Gasteiger partial charge in [-0.25, -0.2) is 0 Å². The molecule has 0 radical (unpaired) electrons. The molecule has 112 valence electrons. The Morgan fingerprint density at radius 3 is 2.86 bits per heavy atom. The van der Waals surface area contributed by atoms with E-state index in [2.05, 4.69) is 54.8 Å². The van der Waals surface area contributed by atoms with Crippen molar-refractivity contribution < 1.29 is 9.59 Å². The molecule has 0 bridgehead atoms. The average molecular weight is 286 g/mol. The zero-order valence-electron chi connectivity index (χ0n) is 12.6. The van der Waals surface area contributed by atoms with Crippen molar-refractivity contribution in [3.63, 3.8) is 0 Å². The lowest BCUT2D eigenvalue weighted by molar-refractivity contribution is -0.125. The number of aryl methyl sites for hydroxylation is 2. The van der Waals surface area contributed by atoms with Crippen LogP contribution >= 0.6 is 0 Å². The highest BCUT2D eigenvalue weighted by Gasteiger charge is 2.26. The molecule has 21 heavy (non-hydrogen) atoms. The van der Waals surface area contributed by atoms with Crippen LogP contribution in [0.3, 0.4) is 0 Å². The summed E-state index contributed by atoms with van der Waals surface area (Å²) in [6.07, 6.45) is 5.95. The van der Waals surface area contributed by atoms with Crippen LogP contribution < -0.4 is 10.6 Å². The summed E-state index contributed by atoms with van der Waals surface area (Å²) in [6.45, 7) is 4.79. The van der Waals surface area contributed by atoms with Crippen molar-refractivity contribution in [3.8, 4) is 0 Å². The van der Waals surface area contributed by atoms with Gasteiger partial charge in [0.2, 0.25) is 11.8 Å². The molecule has 1 fully saturated rings. The maximum Gasteiger partial charge on any atom is 0.242 e. The van der Waals surface area contributed by atoms with Crippen molar-refractivity contribution in [2.75, 3.05) is 6.54 Å². The van der Waals surface area contributed by atoms with Crippen LogP contribution in [0.2, 0.25) is 0 Å². The van der Waals surface area contributed by atoms with Crippen molar-refractivity contribution in [1.29, 1.82) is 0 Å². The number of benzene rings is 1. The van der Waals surface area contributed by atoms with Gasteiger partial charge in [-0.2, -0.15) is 0 Å². The van der Waals surface area contributed by atoms with Gasteiger partial charge in [0.1, 0.15) is 6.04 Å². The Balaban J connectivity index is 1.71. The average Bonchev–Trinajstić information content (AvgIpc) is 2.89. The second-order valence-corrected chi connectivity index (χ2v) is 5.48. The molecule has 1 aliphatic heterocycles. The van der Waals surface area contributed by atoms with Crippen molar-refractivity contribution in [3.05, 3.63) is 41.0 Å². The summed E-state index contributed by atoms with van der Waals surface area (Å²) in [5, 5.41) is 5.51. The Hall–Kier alpha value is -2.10. The predicted molar refractivity (Wildman–Crippen MR) is 83.7 cm³/mol. The maximum absolute atomic E-state index is 11.8. The minimum Gasteiger partial charge on any atom is -0.354 e. The molecule has 1 saturated heterocycles. The molecule has 1 aromatic carbocycles. The molecule has 1 aliphatic rings. The van der Waals surface area contributed by atoms with E-state index in [1.165, 1.54) is 16.7 Å². The summed E-state index contributed by atoms with van der Waals surface area (Å²) in [5.41, 5.74) is 3.74. The topological polar surface area (TPSA) is 58.2 Å². The van der Waals surface area contributed by atoms with E-state index in [1.54, 1.807) is 0 Å². The van der Waals surface area contributed by atoms with Gasteiger partial charge in [-0.3, -0.25) is 9.59 Å². The molecule has 1 aromatic rings. The van der Waals surface area contributed by atoms with E-state index < -0.39 is 0 Å². The Morgan fingerprint density at radius 1 is 1.38 bits per heavy atom. The van der Waals surface area contributed by atoms with E-state index in [0.717, 1.165) is 6.42 Å². The third-order valence-electron chi connectivity index (χ3n) is 3.76. The third kappa shape index (κ3) is 4.45. The third-order valence-corrected chi connectivity index (χ3v) is 3.76. The monoisotopic (exact) mass is 286 g/mol. The van der Waals surface area contributed by atoms with Crippen LogP contribution in [0.15, 0.2) is 24.3 Å². The number of rotatable bonds is 5. The van der Waals surface area contributed by atoms with E-state index in [1.807, 2.05) is 0 Å². The van der Waals surface area contributed by atoms with Gasteiger partial charge in [0.05, 0.1) is 0 Å². The lowest BCUT2D eigenvalue weighted by atomic mass is 10.1. The van der Waals surface area contributed by atoms with Crippen LogP contribution in [0.5, 0.6) is 0 Å². The van der Waals surface area contributed by atoms with Crippen molar-refractivity contribution in [2.45, 2.75) is 39.2 Å². The van der Waals surface area contributed by atoms with Crippen molar-refractivity contribution in [1.82, 2.24) is 10.6 Å². The molecule has 2 N–H and O–H groups in total. The van der Waals surface area contributed by atoms with Crippen LogP contribution in [-0.2, 0) is 9.59 Å². The number of nitrogens with one attached hydrogen (secondary N) is 2. The summed E-state index contributed by atoms with van der Waals surface area (Å²) in [5.74, 6) is -0.120. The molecule has 1 unspecified atom stereocenters. The van der Waals surface area contributed by atoms with Gasteiger partial charge in [-0.15, -0.1) is 0 Å². The zero-order chi connectivity index (χ0) is 15.2. The maximum atomic E-state index is 11.8. The number of carbonyl (C=O) groups is 2. The van der Waals surface area contributed by atoms with Gasteiger partial charge in [-0.05, 0) is 43.4 Å². The van der Waals surface area contributed by atoms with Gasteiger partial charge in [0, 0.05) is 13.0 Å². The van der Waals surface area contributed by atoms with Gasteiger partial charge < -0.3 is 10.6 Å². The van der Waals surface area contributed by atoms with Crippen molar-refractivity contribution >= 4 is 17.9 Å². The van der Waals surface area contributed by atoms with E-state index >= 15 is 0 Å². The molecule has 0 aromatic heterocycles. The van der Waals surface area contributed by atoms with Crippen LogP contribution in [0.4, 0.5) is 0 Å². The van der Waals surface area contributed by atoms with E-state index in [4.69, 9.17) is 0 Å². The predicted octanol–water partition coefficient (Wildman–Crippen LogP) is 2.10. The first-order chi connectivity index (χ1) is 10.1. The SMILES string of the molecule is Cc1ccc(/C=C/CCNC(=O)C2CCC(=O)N2)cc1C. The summed E-state index contributed by atoms with van der Waals surface area (Å²) >= 11 is 0. The Kier molecular flexibility index (Phi) is 5.14. The quantitative estimate of drug-likeness (QED) is 0.814. The lowest BCUT2D eigenvalue weighted by Crippen LogP contribution is -2.41. The van der Waals surface area contributed by atoms with Crippen LogP contribution in [0.1, 0.15) is 36.0 Å². The number of hydrogen-bond acceptors (Lipinski definition) is 2. The number of carbonyl (C=O) groups excluding carboxylic acids is 2. The van der Waals surface area contributed by atoms with Crippen LogP contribution in [0, 0.1) is 13.8 Å². The van der Waals surface area contributed by atoms with Gasteiger partial charge in [0.15, 0.2) is 0 Å². The Labute approximate surface area is 125 Å². The highest BCUT2D eigenvalue weighted by molar-refractivity contribution is 5.90. The summed E-state index contributed by atoms with van der Waals surface area (Å²) in [7, 11) is 0.